The van der Waals surface area contributed by atoms with E-state index in [2.05, 4.69) is 6.58 Å². The van der Waals surface area contributed by atoms with E-state index in [4.69, 9.17) is 10.1 Å². The summed E-state index contributed by atoms with van der Waals surface area (Å²) in [5.41, 5.74) is 0. The predicted molar refractivity (Wildman–Crippen MR) is 15.9 cm³/mol. The maximum atomic E-state index is 8.99. The van der Waals surface area contributed by atoms with Crippen molar-refractivity contribution in [1.82, 2.24) is 0 Å². The molecular weight excluding hydrogens is 70.0 g/mol. The molecule has 0 aliphatic carbocycles. The smallest absolute Gasteiger partial charge is 0.234 e. The molecule has 0 heterocycles. The molecule has 0 aromatic heterocycles. The molecule has 0 amide bonds. The Morgan fingerprint density at radius 1 is 2.00 bits per heavy atom. The highest BCUT2D eigenvalue weighted by molar-refractivity contribution is 4.35. The van der Waals surface area contributed by atoms with Gasteiger partial charge in [0.2, 0.25) is 6.20 Å². The van der Waals surface area contributed by atoms with Crippen molar-refractivity contribution in [2.24, 2.45) is 0 Å². The van der Waals surface area contributed by atoms with Gasteiger partial charge in [0.1, 0.15) is 0 Å². The molecule has 0 N–H and O–H groups in total. The third-order valence-electron chi connectivity index (χ3n) is 0.122. The summed E-state index contributed by atoms with van der Waals surface area (Å²) in [6.07, 6.45) is 0.389. The Kier molecular flexibility index (Phi) is 1.21. The van der Waals surface area contributed by atoms with Crippen LogP contribution >= 0.6 is 0 Å². The Morgan fingerprint density at radius 2 is 2.20 bits per heavy atom. The second-order valence-electron chi connectivity index (χ2n) is 0.434. The minimum atomic E-state index is -0.722. The van der Waals surface area contributed by atoms with E-state index in [-0.39, 0.29) is 0 Å². The summed E-state index contributed by atoms with van der Waals surface area (Å²) in [6.45, 7) is 4.35. The van der Waals surface area contributed by atoms with Gasteiger partial charge in [0.25, 0.3) is 0 Å². The van der Waals surface area contributed by atoms with Crippen molar-refractivity contribution in [3.8, 4) is 0 Å². The fourth-order valence-electron chi connectivity index (χ4n) is 0. The van der Waals surface area contributed by atoms with Crippen LogP contribution in [0.3, 0.4) is 0 Å². The van der Waals surface area contributed by atoms with Crippen molar-refractivity contribution in [3.63, 3.8) is 0 Å². The molecule has 1 radical (unpaired) electrons. The highest BCUT2D eigenvalue weighted by Crippen LogP contribution is 1.57. The summed E-state index contributed by atoms with van der Waals surface area (Å²) in [6, 6.07) is 0. The topological polar surface area (TPSA) is 43.1 Å². The first-order chi connectivity index (χ1) is 2.27. The molecular formula is C2H2NO2. The zero-order chi connectivity index (χ0) is 4.28. The van der Waals surface area contributed by atoms with E-state index >= 15 is 0 Å². The largest absolute Gasteiger partial charge is 0.259 e. The first kappa shape index (κ1) is 4.14. The molecule has 0 fully saturated rings. The maximum Gasteiger partial charge on any atom is 0.234 e. The molecule has 0 bridgehead atoms. The predicted octanol–water partition coefficient (Wildman–Crippen LogP) is 0.210. The second kappa shape index (κ2) is 1.46. The van der Waals surface area contributed by atoms with Gasteiger partial charge in [-0.2, -0.15) is 0 Å². The van der Waals surface area contributed by atoms with Gasteiger partial charge in [-0.1, -0.05) is 0 Å². The lowest BCUT2D eigenvalue weighted by molar-refractivity contribution is -0.402. The van der Waals surface area contributed by atoms with Crippen LogP contribution in [0.2, 0.25) is 0 Å². The number of rotatable bonds is 1. The number of hydrogen-bond acceptors (Lipinski definition) is 2. The van der Waals surface area contributed by atoms with E-state index in [1.54, 1.807) is 0 Å². The minimum Gasteiger partial charge on any atom is -0.259 e. The van der Waals surface area contributed by atoms with Crippen LogP contribution in [0.25, 0.3) is 0 Å². The van der Waals surface area contributed by atoms with E-state index in [1.165, 1.54) is 0 Å². The molecule has 0 rings (SSSR count). The Labute approximate surface area is 29.1 Å². The van der Waals surface area contributed by atoms with Gasteiger partial charge < -0.3 is 0 Å². The molecule has 0 saturated carbocycles. The molecule has 0 aliphatic heterocycles. The Bertz CT molecular complexity index is 58.7. The summed E-state index contributed by atoms with van der Waals surface area (Å²) in [4.78, 5) is 8.27. The van der Waals surface area contributed by atoms with Gasteiger partial charge in [0.15, 0.2) is 0 Å². The number of nitro groups is 1. The Hall–Kier alpha value is -0.860. The minimum absolute atomic E-state index is 0.389. The lowest BCUT2D eigenvalue weighted by atomic mass is 11.1. The molecule has 3 heteroatoms. The van der Waals surface area contributed by atoms with Crippen molar-refractivity contribution >= 4 is 0 Å². The lowest BCUT2D eigenvalue weighted by Gasteiger charge is -1.65. The molecule has 27 valence electrons. The summed E-state index contributed by atoms with van der Waals surface area (Å²) in [5.74, 6) is 0. The van der Waals surface area contributed by atoms with Gasteiger partial charge >= 0.3 is 0 Å². The zero-order valence-corrected chi connectivity index (χ0v) is 2.42. The molecule has 5 heavy (non-hydrogen) atoms. The van der Waals surface area contributed by atoms with Crippen LogP contribution < -0.4 is 0 Å². The highest BCUT2D eigenvalue weighted by Gasteiger charge is 1.69. The van der Waals surface area contributed by atoms with Crippen molar-refractivity contribution in [3.05, 3.63) is 22.9 Å². The van der Waals surface area contributed by atoms with E-state index in [9.17, 15) is 0 Å². The third kappa shape index (κ3) is 3.14. The van der Waals surface area contributed by atoms with Gasteiger partial charge in [-0.25, -0.2) is 0 Å². The second-order valence-corrected chi connectivity index (χ2v) is 0.434. The van der Waals surface area contributed by atoms with Crippen LogP contribution in [0.1, 0.15) is 0 Å². The van der Waals surface area contributed by atoms with Gasteiger partial charge in [-0.05, 0) is 0 Å². The van der Waals surface area contributed by atoms with Gasteiger partial charge in [0, 0.05) is 6.58 Å². The van der Waals surface area contributed by atoms with Crippen molar-refractivity contribution in [1.29, 1.82) is 0 Å². The van der Waals surface area contributed by atoms with Gasteiger partial charge in [-0.3, -0.25) is 10.1 Å². The van der Waals surface area contributed by atoms with Crippen LogP contribution in [0.15, 0.2) is 6.20 Å². The highest BCUT2D eigenvalue weighted by atomic mass is 16.6. The number of nitrogens with zero attached hydrogens (tertiary/aromatic N) is 1. The van der Waals surface area contributed by atoms with Gasteiger partial charge in [-0.15, -0.1) is 0 Å². The fraction of sp³-hybridized carbons (Fsp3) is 0. The zero-order valence-electron chi connectivity index (χ0n) is 2.42. The van der Waals surface area contributed by atoms with E-state index in [0.29, 0.717) is 6.20 Å². The molecule has 0 unspecified atom stereocenters. The summed E-state index contributed by atoms with van der Waals surface area (Å²) in [5, 5.41) is 8.99. The quantitative estimate of drug-likeness (QED) is 0.328. The van der Waals surface area contributed by atoms with Crippen LogP contribution in [0.4, 0.5) is 0 Å². The fourth-order valence-corrected chi connectivity index (χ4v) is 0. The standard InChI is InChI=1S/C2H2NO2/c1-2-3(4)5/h1-2H. The molecule has 0 aromatic rings. The SMILES string of the molecule is [CH]=C[N+](=O)[O-]. The average molecular weight is 72.0 g/mol. The Morgan fingerprint density at radius 3 is 2.20 bits per heavy atom. The van der Waals surface area contributed by atoms with E-state index in [0.717, 1.165) is 0 Å². The van der Waals surface area contributed by atoms with Crippen LogP contribution in [-0.4, -0.2) is 4.92 Å². The van der Waals surface area contributed by atoms with Crippen molar-refractivity contribution < 1.29 is 4.92 Å². The molecule has 0 saturated heterocycles. The van der Waals surface area contributed by atoms with Crippen molar-refractivity contribution in [2.45, 2.75) is 0 Å². The van der Waals surface area contributed by atoms with Crippen LogP contribution in [0.5, 0.6) is 0 Å². The Balaban J connectivity index is 3.20. The summed E-state index contributed by atoms with van der Waals surface area (Å²) < 4.78 is 0. The van der Waals surface area contributed by atoms with Gasteiger partial charge in [0.05, 0.1) is 4.92 Å². The monoisotopic (exact) mass is 72.0 g/mol. The summed E-state index contributed by atoms with van der Waals surface area (Å²) >= 11 is 0. The normalized spacial score (nSPS) is 6.40. The first-order valence-corrected chi connectivity index (χ1v) is 0.957. The first-order valence-electron chi connectivity index (χ1n) is 0.957. The van der Waals surface area contributed by atoms with Crippen molar-refractivity contribution in [2.75, 3.05) is 0 Å². The lowest BCUT2D eigenvalue weighted by Crippen LogP contribution is -1.77. The van der Waals surface area contributed by atoms with E-state index < -0.39 is 4.92 Å². The molecule has 3 nitrogen and oxygen atoms in total. The number of hydrogen-bond donors (Lipinski definition) is 0. The van der Waals surface area contributed by atoms with Crippen LogP contribution in [-0.2, 0) is 0 Å². The van der Waals surface area contributed by atoms with Crippen LogP contribution in [0, 0.1) is 16.7 Å². The summed E-state index contributed by atoms with van der Waals surface area (Å²) in [7, 11) is 0. The molecule has 0 spiro atoms. The maximum absolute atomic E-state index is 8.99. The third-order valence-corrected chi connectivity index (χ3v) is 0.122. The molecule has 0 aliphatic rings. The average Bonchev–Trinajstić information content (AvgIpc) is 1.38. The molecule has 0 atom stereocenters. The molecule has 0 aromatic carbocycles. The van der Waals surface area contributed by atoms with E-state index in [1.807, 2.05) is 0 Å².